The van der Waals surface area contributed by atoms with Gasteiger partial charge in [-0.3, -0.25) is 4.79 Å². The van der Waals surface area contributed by atoms with Crippen LogP contribution in [-0.4, -0.2) is 49.0 Å². The largest absolute Gasteiger partial charge is 0.393 e. The molecule has 0 spiro atoms. The number of hydrogen-bond donors (Lipinski definition) is 3. The molecule has 0 aromatic carbocycles. The average molecular weight is 228 g/mol. The minimum atomic E-state index is -0.208. The van der Waals surface area contributed by atoms with E-state index >= 15 is 0 Å². The number of hydrogen-bond acceptors (Lipinski definition) is 4. The second kappa shape index (κ2) is 5.61. The summed E-state index contributed by atoms with van der Waals surface area (Å²) in [6.07, 6.45) is 3.16. The third-order valence-electron chi connectivity index (χ3n) is 3.28. The van der Waals surface area contributed by atoms with Crippen LogP contribution in [0, 0.1) is 0 Å². The van der Waals surface area contributed by atoms with Gasteiger partial charge in [0.1, 0.15) is 6.04 Å². The van der Waals surface area contributed by atoms with Crippen LogP contribution in [0.15, 0.2) is 0 Å². The Bertz CT molecular complexity index is 233. The zero-order chi connectivity index (χ0) is 11.4. The van der Waals surface area contributed by atoms with Crippen LogP contribution in [-0.2, 0) is 9.53 Å². The average Bonchev–Trinajstić information content (AvgIpc) is 2.33. The second-order valence-corrected chi connectivity index (χ2v) is 4.60. The highest BCUT2D eigenvalue weighted by atomic mass is 16.5. The molecule has 2 rings (SSSR count). The van der Waals surface area contributed by atoms with Crippen molar-refractivity contribution in [3.05, 3.63) is 0 Å². The fourth-order valence-electron chi connectivity index (χ4n) is 2.26. The zero-order valence-electron chi connectivity index (χ0n) is 9.45. The molecule has 2 aliphatic rings. The maximum Gasteiger partial charge on any atom is 0.239 e. The number of carbonyl (C=O) groups is 1. The summed E-state index contributed by atoms with van der Waals surface area (Å²) in [6.45, 7) is 1.88. The topological polar surface area (TPSA) is 70.6 Å². The van der Waals surface area contributed by atoms with Crippen LogP contribution < -0.4 is 10.6 Å². The summed E-state index contributed by atoms with van der Waals surface area (Å²) in [5, 5.41) is 15.5. The molecule has 5 nitrogen and oxygen atoms in total. The Morgan fingerprint density at radius 1 is 1.31 bits per heavy atom. The maximum atomic E-state index is 11.8. The molecule has 1 aliphatic heterocycles. The summed E-state index contributed by atoms with van der Waals surface area (Å²) in [4.78, 5) is 11.8. The molecule has 0 aromatic heterocycles. The summed E-state index contributed by atoms with van der Waals surface area (Å²) < 4.78 is 5.25. The summed E-state index contributed by atoms with van der Waals surface area (Å²) in [6, 6.07) is 0.0141. The van der Waals surface area contributed by atoms with Crippen LogP contribution in [0.2, 0.25) is 0 Å². The lowest BCUT2D eigenvalue weighted by atomic mass is 9.93. The monoisotopic (exact) mass is 228 g/mol. The van der Waals surface area contributed by atoms with Crippen molar-refractivity contribution in [3.63, 3.8) is 0 Å². The van der Waals surface area contributed by atoms with Gasteiger partial charge in [0.2, 0.25) is 5.91 Å². The van der Waals surface area contributed by atoms with Crippen molar-refractivity contribution in [3.8, 4) is 0 Å². The van der Waals surface area contributed by atoms with Crippen molar-refractivity contribution < 1.29 is 14.6 Å². The van der Waals surface area contributed by atoms with Crippen LogP contribution in [0.5, 0.6) is 0 Å². The van der Waals surface area contributed by atoms with E-state index in [0.29, 0.717) is 13.2 Å². The summed E-state index contributed by atoms with van der Waals surface area (Å²) in [7, 11) is 0. The van der Waals surface area contributed by atoms with E-state index in [9.17, 15) is 9.90 Å². The van der Waals surface area contributed by atoms with E-state index in [0.717, 1.165) is 32.2 Å². The van der Waals surface area contributed by atoms with Crippen LogP contribution in [0.4, 0.5) is 0 Å². The predicted octanol–water partition coefficient (Wildman–Crippen LogP) is -0.605. The summed E-state index contributed by atoms with van der Waals surface area (Å²) >= 11 is 0. The summed E-state index contributed by atoms with van der Waals surface area (Å²) in [5.41, 5.74) is 0. The van der Waals surface area contributed by atoms with Crippen LogP contribution in [0.3, 0.4) is 0 Å². The Labute approximate surface area is 95.5 Å². The van der Waals surface area contributed by atoms with Crippen molar-refractivity contribution in [1.29, 1.82) is 0 Å². The fraction of sp³-hybridized carbons (Fsp3) is 0.909. The minimum absolute atomic E-state index is 0.0288. The lowest BCUT2D eigenvalue weighted by Crippen LogP contribution is -2.53. The molecule has 1 saturated heterocycles. The molecule has 0 radical (unpaired) electrons. The van der Waals surface area contributed by atoms with Gasteiger partial charge in [0, 0.05) is 12.6 Å². The number of aliphatic hydroxyl groups is 1. The number of amides is 1. The molecule has 2 fully saturated rings. The van der Waals surface area contributed by atoms with Crippen molar-refractivity contribution in [2.75, 3.05) is 19.8 Å². The van der Waals surface area contributed by atoms with Crippen LogP contribution >= 0.6 is 0 Å². The highest BCUT2D eigenvalue weighted by Crippen LogP contribution is 2.18. The van der Waals surface area contributed by atoms with E-state index in [1.165, 1.54) is 0 Å². The first-order chi connectivity index (χ1) is 7.75. The molecule has 16 heavy (non-hydrogen) atoms. The Kier molecular flexibility index (Phi) is 4.15. The third-order valence-corrected chi connectivity index (χ3v) is 3.28. The Morgan fingerprint density at radius 3 is 2.69 bits per heavy atom. The Morgan fingerprint density at radius 2 is 2.06 bits per heavy atom. The molecular weight excluding hydrogens is 208 g/mol. The van der Waals surface area contributed by atoms with Gasteiger partial charge in [0.25, 0.3) is 0 Å². The van der Waals surface area contributed by atoms with Gasteiger partial charge in [-0.15, -0.1) is 0 Å². The van der Waals surface area contributed by atoms with Gasteiger partial charge in [-0.2, -0.15) is 0 Å². The van der Waals surface area contributed by atoms with Gasteiger partial charge >= 0.3 is 0 Å². The van der Waals surface area contributed by atoms with E-state index in [1.54, 1.807) is 0 Å². The number of ether oxygens (including phenoxy) is 1. The predicted molar refractivity (Wildman–Crippen MR) is 59.0 cm³/mol. The van der Waals surface area contributed by atoms with Crippen molar-refractivity contribution in [2.45, 2.75) is 43.9 Å². The normalized spacial score (nSPS) is 35.7. The molecule has 0 aromatic rings. The molecule has 0 bridgehead atoms. The molecule has 1 amide bonds. The fourth-order valence-corrected chi connectivity index (χ4v) is 2.26. The van der Waals surface area contributed by atoms with E-state index < -0.39 is 0 Å². The van der Waals surface area contributed by atoms with E-state index in [1.807, 2.05) is 0 Å². The van der Waals surface area contributed by atoms with Gasteiger partial charge in [-0.25, -0.2) is 0 Å². The molecule has 1 atom stereocenters. The molecule has 1 heterocycles. The second-order valence-electron chi connectivity index (χ2n) is 4.60. The van der Waals surface area contributed by atoms with E-state index in [4.69, 9.17) is 4.74 Å². The first-order valence-electron chi connectivity index (χ1n) is 6.05. The van der Waals surface area contributed by atoms with Gasteiger partial charge < -0.3 is 20.5 Å². The smallest absolute Gasteiger partial charge is 0.239 e. The minimum Gasteiger partial charge on any atom is -0.393 e. The van der Waals surface area contributed by atoms with Crippen LogP contribution in [0.25, 0.3) is 0 Å². The molecule has 1 unspecified atom stereocenters. The standard InChI is InChI=1S/C11H20N2O3/c14-9-3-1-8(2-4-9)13-11(15)10-7-16-6-5-12-10/h8-10,12,14H,1-7H2,(H,13,15). The van der Waals surface area contributed by atoms with Gasteiger partial charge in [-0.05, 0) is 25.7 Å². The Balaban J connectivity index is 1.73. The lowest BCUT2D eigenvalue weighted by Gasteiger charge is -2.29. The first kappa shape index (κ1) is 11.8. The summed E-state index contributed by atoms with van der Waals surface area (Å²) in [5.74, 6) is 0.0288. The number of aliphatic hydroxyl groups excluding tert-OH is 1. The number of carbonyl (C=O) groups excluding carboxylic acids is 1. The number of morpholine rings is 1. The third kappa shape index (κ3) is 3.17. The van der Waals surface area contributed by atoms with E-state index in [-0.39, 0.29) is 24.1 Å². The van der Waals surface area contributed by atoms with Crippen molar-refractivity contribution in [1.82, 2.24) is 10.6 Å². The highest BCUT2D eigenvalue weighted by Gasteiger charge is 2.25. The van der Waals surface area contributed by atoms with Gasteiger partial charge in [0.05, 0.1) is 19.3 Å². The number of nitrogens with one attached hydrogen (secondary N) is 2. The molecule has 92 valence electrons. The lowest BCUT2D eigenvalue weighted by molar-refractivity contribution is -0.127. The SMILES string of the molecule is O=C(NC1CCC(O)CC1)C1COCCN1. The Hall–Kier alpha value is -0.650. The van der Waals surface area contributed by atoms with E-state index in [2.05, 4.69) is 10.6 Å². The van der Waals surface area contributed by atoms with Crippen LogP contribution in [0.1, 0.15) is 25.7 Å². The van der Waals surface area contributed by atoms with Gasteiger partial charge in [0.15, 0.2) is 0 Å². The highest BCUT2D eigenvalue weighted by molar-refractivity contribution is 5.82. The van der Waals surface area contributed by atoms with Gasteiger partial charge in [-0.1, -0.05) is 0 Å². The molecule has 5 heteroatoms. The van der Waals surface area contributed by atoms with Crippen molar-refractivity contribution in [2.24, 2.45) is 0 Å². The number of rotatable bonds is 2. The zero-order valence-corrected chi connectivity index (χ0v) is 9.45. The first-order valence-corrected chi connectivity index (χ1v) is 6.05. The molecule has 1 saturated carbocycles. The quantitative estimate of drug-likeness (QED) is 0.590. The molecule has 3 N–H and O–H groups in total. The van der Waals surface area contributed by atoms with Crippen molar-refractivity contribution >= 4 is 5.91 Å². The molecule has 1 aliphatic carbocycles. The maximum absolute atomic E-state index is 11.8. The molecular formula is C11H20N2O3.